The van der Waals surface area contributed by atoms with Crippen molar-refractivity contribution in [1.29, 1.82) is 0 Å². The number of aromatic nitrogens is 3. The zero-order valence-corrected chi connectivity index (χ0v) is 21.9. The van der Waals surface area contributed by atoms with Crippen molar-refractivity contribution in [2.45, 2.75) is 18.0 Å². The number of aryl methyl sites for hydroxylation is 1. The van der Waals surface area contributed by atoms with Crippen molar-refractivity contribution in [3.8, 4) is 5.82 Å². The normalized spacial score (nSPS) is 12.3. The predicted octanol–water partition coefficient (Wildman–Crippen LogP) is 4.48. The lowest BCUT2D eigenvalue weighted by Crippen LogP contribution is -2.24. The molecule has 0 saturated heterocycles. The Hall–Kier alpha value is -3.10. The topological polar surface area (TPSA) is 118 Å². The molecule has 3 rings (SSSR count). The SMILES string of the molecule is CNC(=O)c1cc(S(C)=NC(=O)C(F)(F)F)cc(C)c1NC(=O)c1cc(Br)nn1-c1ncccc1Cl. The number of carbonyl (C=O) groups excluding carboxylic acids is 3. The second-order valence-electron chi connectivity index (χ2n) is 7.14. The van der Waals surface area contributed by atoms with Crippen LogP contribution < -0.4 is 10.6 Å². The number of hydrogen-bond acceptors (Lipinski definition) is 5. The van der Waals surface area contributed by atoms with Crippen LogP contribution in [0, 0.1) is 6.92 Å². The average Bonchev–Trinajstić information content (AvgIpc) is 3.20. The molecule has 15 heteroatoms. The first-order valence-electron chi connectivity index (χ1n) is 9.87. The van der Waals surface area contributed by atoms with Crippen molar-refractivity contribution in [2.24, 2.45) is 4.36 Å². The summed E-state index contributed by atoms with van der Waals surface area (Å²) >= 11 is 9.42. The molecule has 0 radical (unpaired) electrons. The number of hydrogen-bond donors (Lipinski definition) is 2. The number of anilines is 1. The third-order valence-corrected chi connectivity index (χ3v) is 6.71. The van der Waals surface area contributed by atoms with Crippen LogP contribution in [-0.2, 0) is 15.5 Å². The van der Waals surface area contributed by atoms with E-state index in [1.54, 1.807) is 19.1 Å². The van der Waals surface area contributed by atoms with Gasteiger partial charge in [0.1, 0.15) is 10.3 Å². The van der Waals surface area contributed by atoms with Crippen LogP contribution in [-0.4, -0.2) is 52.0 Å². The van der Waals surface area contributed by atoms with Gasteiger partial charge in [-0.2, -0.15) is 22.6 Å². The number of halogens is 5. The first-order chi connectivity index (χ1) is 16.8. The molecule has 0 spiro atoms. The molecular weight excluding hydrogens is 589 g/mol. The van der Waals surface area contributed by atoms with E-state index >= 15 is 0 Å². The van der Waals surface area contributed by atoms with E-state index in [9.17, 15) is 27.6 Å². The molecule has 1 aromatic carbocycles. The predicted molar refractivity (Wildman–Crippen MR) is 132 cm³/mol. The first kappa shape index (κ1) is 27.5. The highest BCUT2D eigenvalue weighted by Crippen LogP contribution is 2.28. The summed E-state index contributed by atoms with van der Waals surface area (Å²) < 4.78 is 42.7. The number of benzene rings is 1. The van der Waals surface area contributed by atoms with Crippen molar-refractivity contribution >= 4 is 61.6 Å². The minimum absolute atomic E-state index is 0.0316. The molecule has 0 aliphatic heterocycles. The maximum atomic E-state index is 13.2. The molecular formula is C21H17BrClF3N6O3S. The fourth-order valence-electron chi connectivity index (χ4n) is 3.02. The van der Waals surface area contributed by atoms with Crippen LogP contribution in [0.4, 0.5) is 18.9 Å². The Bertz CT molecular complexity index is 1410. The largest absolute Gasteiger partial charge is 0.474 e. The monoisotopic (exact) mass is 604 g/mol. The molecule has 0 fully saturated rings. The van der Waals surface area contributed by atoms with Gasteiger partial charge >= 0.3 is 12.1 Å². The van der Waals surface area contributed by atoms with Crippen LogP contribution >= 0.6 is 27.5 Å². The van der Waals surface area contributed by atoms with Gasteiger partial charge < -0.3 is 10.6 Å². The zero-order valence-electron chi connectivity index (χ0n) is 18.8. The Labute approximate surface area is 218 Å². The summed E-state index contributed by atoms with van der Waals surface area (Å²) in [5, 5.41) is 9.52. The van der Waals surface area contributed by atoms with E-state index < -0.39 is 34.6 Å². The number of rotatable bonds is 5. The second-order valence-corrected chi connectivity index (χ2v) is 9.97. The fourth-order valence-corrected chi connectivity index (χ4v) is 4.69. The third kappa shape index (κ3) is 5.99. The van der Waals surface area contributed by atoms with E-state index in [4.69, 9.17) is 11.6 Å². The van der Waals surface area contributed by atoms with Gasteiger partial charge in [-0.3, -0.25) is 14.4 Å². The van der Waals surface area contributed by atoms with E-state index in [2.05, 4.69) is 41.0 Å². The highest BCUT2D eigenvalue weighted by atomic mass is 79.9. The molecule has 2 aromatic heterocycles. The van der Waals surface area contributed by atoms with Gasteiger partial charge in [0.15, 0.2) is 5.82 Å². The summed E-state index contributed by atoms with van der Waals surface area (Å²) in [7, 11) is -0.159. The minimum atomic E-state index is -5.11. The minimum Gasteiger partial charge on any atom is -0.355 e. The summed E-state index contributed by atoms with van der Waals surface area (Å²) in [4.78, 5) is 41.5. The van der Waals surface area contributed by atoms with Gasteiger partial charge in [0, 0.05) is 24.2 Å². The van der Waals surface area contributed by atoms with Crippen molar-refractivity contribution < 1.29 is 27.6 Å². The summed E-state index contributed by atoms with van der Waals surface area (Å²) in [6, 6.07) is 7.33. The smallest absolute Gasteiger partial charge is 0.355 e. The van der Waals surface area contributed by atoms with E-state index in [1.165, 1.54) is 42.4 Å². The molecule has 190 valence electrons. The molecule has 36 heavy (non-hydrogen) atoms. The number of nitrogens with zero attached hydrogens (tertiary/aromatic N) is 4. The van der Waals surface area contributed by atoms with Gasteiger partial charge in [-0.05, 0) is 58.9 Å². The quantitative estimate of drug-likeness (QED) is 0.445. The van der Waals surface area contributed by atoms with Crippen LogP contribution in [0.15, 0.2) is 50.4 Å². The Balaban J connectivity index is 2.05. The summed E-state index contributed by atoms with van der Waals surface area (Å²) in [5.41, 5.74) is 0.471. The zero-order chi connectivity index (χ0) is 26.8. The van der Waals surface area contributed by atoms with E-state index in [0.29, 0.717) is 10.2 Å². The molecule has 0 aliphatic rings. The molecule has 0 bridgehead atoms. The maximum absolute atomic E-state index is 13.2. The van der Waals surface area contributed by atoms with E-state index in [-0.39, 0.29) is 32.7 Å². The Morgan fingerprint density at radius 3 is 2.50 bits per heavy atom. The molecule has 3 amide bonds. The number of alkyl halides is 3. The van der Waals surface area contributed by atoms with Gasteiger partial charge in [-0.15, -0.1) is 0 Å². The first-order valence-corrected chi connectivity index (χ1v) is 12.6. The van der Waals surface area contributed by atoms with Crippen molar-refractivity contribution in [3.63, 3.8) is 0 Å². The van der Waals surface area contributed by atoms with Crippen LogP contribution in [0.25, 0.3) is 5.82 Å². The molecule has 2 N–H and O–H groups in total. The number of pyridine rings is 1. The lowest BCUT2D eigenvalue weighted by atomic mass is 10.1. The summed E-state index contributed by atoms with van der Waals surface area (Å²) in [6.07, 6.45) is -2.32. The lowest BCUT2D eigenvalue weighted by molar-refractivity contribution is -0.169. The Kier molecular flexibility index (Phi) is 8.31. The third-order valence-electron chi connectivity index (χ3n) is 4.67. The summed E-state index contributed by atoms with van der Waals surface area (Å²) in [6.45, 7) is 1.55. The number of amides is 3. The molecule has 9 nitrogen and oxygen atoms in total. The molecule has 0 saturated carbocycles. The number of carbonyl (C=O) groups is 3. The van der Waals surface area contributed by atoms with Crippen LogP contribution in [0.1, 0.15) is 26.4 Å². The Morgan fingerprint density at radius 2 is 1.89 bits per heavy atom. The number of nitrogens with one attached hydrogen (secondary N) is 2. The van der Waals surface area contributed by atoms with Gasteiger partial charge in [-0.1, -0.05) is 22.3 Å². The molecule has 3 aromatic rings. The molecule has 0 aliphatic carbocycles. The van der Waals surface area contributed by atoms with Gasteiger partial charge in [0.05, 0.1) is 16.3 Å². The lowest BCUT2D eigenvalue weighted by Gasteiger charge is -2.16. The van der Waals surface area contributed by atoms with Crippen molar-refractivity contribution in [3.05, 3.63) is 63.0 Å². The van der Waals surface area contributed by atoms with Crippen molar-refractivity contribution in [2.75, 3.05) is 18.6 Å². The Morgan fingerprint density at radius 1 is 1.19 bits per heavy atom. The maximum Gasteiger partial charge on any atom is 0.474 e. The van der Waals surface area contributed by atoms with Crippen molar-refractivity contribution in [1.82, 2.24) is 20.1 Å². The highest BCUT2D eigenvalue weighted by molar-refractivity contribution is 9.10. The van der Waals surface area contributed by atoms with Crippen LogP contribution in [0.5, 0.6) is 0 Å². The molecule has 2 heterocycles. The average molecular weight is 606 g/mol. The standard InChI is InChI=1S/C21H17BrClF3N6O3S/c1-10-7-11(36(3)31-20(35)21(24,25)26)8-12(18(33)27-2)16(10)29-19(34)14-9-15(22)30-32(14)17-13(23)5-4-6-28-17/h4-9H,1-3H3,(H,27,33)(H,29,34). The van der Waals surface area contributed by atoms with E-state index in [0.717, 1.165) is 0 Å². The van der Waals surface area contributed by atoms with Crippen LogP contribution in [0.3, 0.4) is 0 Å². The van der Waals surface area contributed by atoms with Gasteiger partial charge in [0.25, 0.3) is 11.8 Å². The van der Waals surface area contributed by atoms with E-state index in [1.807, 2.05) is 0 Å². The highest BCUT2D eigenvalue weighted by Gasteiger charge is 2.38. The summed E-state index contributed by atoms with van der Waals surface area (Å²) in [5.74, 6) is -3.31. The van der Waals surface area contributed by atoms with Crippen LogP contribution in [0.2, 0.25) is 5.02 Å². The molecule has 1 unspecified atom stereocenters. The second kappa shape index (κ2) is 10.9. The molecule has 1 atom stereocenters. The van der Waals surface area contributed by atoms with Gasteiger partial charge in [0.2, 0.25) is 0 Å². The fraction of sp³-hybridized carbons (Fsp3) is 0.190. The van der Waals surface area contributed by atoms with Gasteiger partial charge in [-0.25, -0.2) is 9.67 Å².